The SMILES string of the molecule is C=C1C(SC(C)C)CC(=O)N1C(CN)C(=O)C(C)C. The number of rotatable bonds is 6. The van der Waals surface area contributed by atoms with Crippen LogP contribution in [0.1, 0.15) is 34.1 Å². The normalized spacial score (nSPS) is 21.6. The number of nitrogens with zero attached hydrogens (tertiary/aromatic N) is 1. The van der Waals surface area contributed by atoms with Gasteiger partial charge in [0.05, 0.1) is 5.25 Å². The van der Waals surface area contributed by atoms with Crippen molar-refractivity contribution in [1.29, 1.82) is 0 Å². The van der Waals surface area contributed by atoms with Gasteiger partial charge in [0.2, 0.25) is 5.91 Å². The summed E-state index contributed by atoms with van der Waals surface area (Å²) in [5.74, 6) is -0.161. The first-order valence-corrected chi connectivity index (χ1v) is 7.64. The summed E-state index contributed by atoms with van der Waals surface area (Å²) in [7, 11) is 0. The van der Waals surface area contributed by atoms with Crippen LogP contribution in [-0.2, 0) is 9.59 Å². The molecule has 1 aliphatic rings. The Hall–Kier alpha value is -0.810. The van der Waals surface area contributed by atoms with Gasteiger partial charge in [-0.15, -0.1) is 11.8 Å². The monoisotopic (exact) mass is 284 g/mol. The van der Waals surface area contributed by atoms with E-state index in [1.165, 1.54) is 4.90 Å². The first-order valence-electron chi connectivity index (χ1n) is 6.69. The summed E-state index contributed by atoms with van der Waals surface area (Å²) in [5.41, 5.74) is 6.43. The van der Waals surface area contributed by atoms with Crippen LogP contribution in [-0.4, -0.2) is 39.7 Å². The molecule has 108 valence electrons. The molecule has 19 heavy (non-hydrogen) atoms. The number of Topliss-reactive ketones (excluding diaryl/α,β-unsaturated/α-hetero) is 1. The Balaban J connectivity index is 2.90. The maximum atomic E-state index is 12.2. The van der Waals surface area contributed by atoms with Crippen molar-refractivity contribution in [2.45, 2.75) is 50.7 Å². The molecule has 0 aliphatic carbocycles. The Morgan fingerprint density at radius 1 is 1.47 bits per heavy atom. The van der Waals surface area contributed by atoms with Crippen LogP contribution in [0.4, 0.5) is 0 Å². The van der Waals surface area contributed by atoms with Crippen molar-refractivity contribution in [3.05, 3.63) is 12.3 Å². The van der Waals surface area contributed by atoms with Gasteiger partial charge in [-0.05, 0) is 5.25 Å². The fourth-order valence-electron chi connectivity index (χ4n) is 2.25. The lowest BCUT2D eigenvalue weighted by atomic mass is 10.0. The number of likely N-dealkylation sites (tertiary alicyclic amines) is 1. The molecule has 0 aromatic carbocycles. The predicted octanol–water partition coefficient (Wildman–Crippen LogP) is 1.79. The van der Waals surface area contributed by atoms with Crippen LogP contribution in [0.2, 0.25) is 0 Å². The second-order valence-electron chi connectivity index (χ2n) is 5.44. The van der Waals surface area contributed by atoms with E-state index in [0.29, 0.717) is 11.7 Å². The van der Waals surface area contributed by atoms with Gasteiger partial charge in [0.25, 0.3) is 0 Å². The van der Waals surface area contributed by atoms with Gasteiger partial charge in [-0.2, -0.15) is 0 Å². The van der Waals surface area contributed by atoms with Crippen LogP contribution in [0.15, 0.2) is 12.3 Å². The number of hydrogen-bond acceptors (Lipinski definition) is 4. The largest absolute Gasteiger partial charge is 0.328 e. The molecule has 1 rings (SSSR count). The van der Waals surface area contributed by atoms with Crippen LogP contribution < -0.4 is 5.73 Å². The molecule has 0 saturated carbocycles. The molecule has 1 saturated heterocycles. The summed E-state index contributed by atoms with van der Waals surface area (Å²) in [6.45, 7) is 12.0. The van der Waals surface area contributed by atoms with E-state index in [0.717, 1.165) is 5.70 Å². The minimum atomic E-state index is -0.558. The Morgan fingerprint density at radius 3 is 2.47 bits per heavy atom. The highest BCUT2D eigenvalue weighted by Gasteiger charge is 2.40. The van der Waals surface area contributed by atoms with E-state index in [1.807, 2.05) is 13.8 Å². The molecule has 2 N–H and O–H groups in total. The van der Waals surface area contributed by atoms with E-state index in [2.05, 4.69) is 20.4 Å². The van der Waals surface area contributed by atoms with Gasteiger partial charge in [-0.3, -0.25) is 9.59 Å². The van der Waals surface area contributed by atoms with Crippen LogP contribution in [0.3, 0.4) is 0 Å². The fraction of sp³-hybridized carbons (Fsp3) is 0.714. The summed E-state index contributed by atoms with van der Waals surface area (Å²) >= 11 is 1.71. The molecule has 1 heterocycles. The molecule has 0 radical (unpaired) electrons. The average Bonchev–Trinajstić information content (AvgIpc) is 2.56. The van der Waals surface area contributed by atoms with Gasteiger partial charge in [-0.1, -0.05) is 34.3 Å². The molecular formula is C14H24N2O2S. The van der Waals surface area contributed by atoms with E-state index < -0.39 is 6.04 Å². The van der Waals surface area contributed by atoms with Crippen molar-refractivity contribution in [2.24, 2.45) is 11.7 Å². The smallest absolute Gasteiger partial charge is 0.228 e. The minimum Gasteiger partial charge on any atom is -0.328 e. The molecule has 1 amide bonds. The molecule has 2 atom stereocenters. The molecule has 0 bridgehead atoms. The first kappa shape index (κ1) is 16.2. The van der Waals surface area contributed by atoms with Gasteiger partial charge in [0, 0.05) is 24.6 Å². The van der Waals surface area contributed by atoms with Crippen LogP contribution in [0.25, 0.3) is 0 Å². The Kier molecular flexibility index (Phi) is 5.62. The highest BCUT2D eigenvalue weighted by Crippen LogP contribution is 2.35. The van der Waals surface area contributed by atoms with Crippen molar-refractivity contribution in [3.63, 3.8) is 0 Å². The Morgan fingerprint density at radius 2 is 2.05 bits per heavy atom. The summed E-state index contributed by atoms with van der Waals surface area (Å²) < 4.78 is 0. The van der Waals surface area contributed by atoms with Gasteiger partial charge < -0.3 is 10.6 Å². The van der Waals surface area contributed by atoms with Crippen LogP contribution in [0, 0.1) is 5.92 Å². The number of nitrogens with two attached hydrogens (primary N) is 1. The van der Waals surface area contributed by atoms with Gasteiger partial charge in [-0.25, -0.2) is 0 Å². The topological polar surface area (TPSA) is 63.4 Å². The van der Waals surface area contributed by atoms with Crippen molar-refractivity contribution >= 4 is 23.5 Å². The van der Waals surface area contributed by atoms with Crippen LogP contribution in [0.5, 0.6) is 0 Å². The van der Waals surface area contributed by atoms with Crippen LogP contribution >= 0.6 is 11.8 Å². The Labute approximate surface area is 119 Å². The zero-order valence-electron chi connectivity index (χ0n) is 12.2. The maximum absolute atomic E-state index is 12.2. The maximum Gasteiger partial charge on any atom is 0.228 e. The standard InChI is InChI=1S/C14H24N2O2S/c1-8(2)14(18)11(7-15)16-10(5)12(6-13(16)17)19-9(3)4/h8-9,11-12H,5-7,15H2,1-4H3. The second-order valence-corrected chi connectivity index (χ2v) is 7.23. The fourth-order valence-corrected chi connectivity index (χ4v) is 3.42. The molecule has 1 fully saturated rings. The number of carbonyl (C=O) groups is 2. The third kappa shape index (κ3) is 3.60. The third-order valence-corrected chi connectivity index (χ3v) is 4.49. The van der Waals surface area contributed by atoms with E-state index >= 15 is 0 Å². The van der Waals surface area contributed by atoms with Gasteiger partial charge >= 0.3 is 0 Å². The molecule has 0 spiro atoms. The summed E-state index contributed by atoms with van der Waals surface area (Å²) in [4.78, 5) is 25.8. The lowest BCUT2D eigenvalue weighted by Crippen LogP contribution is -2.47. The highest BCUT2D eigenvalue weighted by molar-refractivity contribution is 8.00. The zero-order valence-corrected chi connectivity index (χ0v) is 13.0. The molecule has 0 aromatic heterocycles. The van der Waals surface area contributed by atoms with E-state index in [-0.39, 0.29) is 29.4 Å². The summed E-state index contributed by atoms with van der Waals surface area (Å²) in [6.07, 6.45) is 0.420. The first-order chi connectivity index (χ1) is 8.79. The van der Waals surface area contributed by atoms with Crippen molar-refractivity contribution in [1.82, 2.24) is 4.90 Å². The zero-order chi connectivity index (χ0) is 14.7. The minimum absolute atomic E-state index is 0.00666. The lowest BCUT2D eigenvalue weighted by Gasteiger charge is -2.28. The predicted molar refractivity (Wildman–Crippen MR) is 79.8 cm³/mol. The van der Waals surface area contributed by atoms with E-state index in [1.54, 1.807) is 11.8 Å². The van der Waals surface area contributed by atoms with E-state index in [4.69, 9.17) is 5.73 Å². The van der Waals surface area contributed by atoms with Crippen molar-refractivity contribution in [2.75, 3.05) is 6.54 Å². The molecular weight excluding hydrogens is 260 g/mol. The third-order valence-electron chi connectivity index (χ3n) is 3.18. The molecule has 5 heteroatoms. The number of thioether (sulfide) groups is 1. The summed E-state index contributed by atoms with van der Waals surface area (Å²) in [6, 6.07) is -0.558. The van der Waals surface area contributed by atoms with E-state index in [9.17, 15) is 9.59 Å². The number of ketones is 1. The number of amides is 1. The van der Waals surface area contributed by atoms with Gasteiger partial charge in [0.1, 0.15) is 6.04 Å². The lowest BCUT2D eigenvalue weighted by molar-refractivity contribution is -0.136. The Bertz CT molecular complexity index is 380. The molecule has 1 aliphatic heterocycles. The molecule has 4 nitrogen and oxygen atoms in total. The summed E-state index contributed by atoms with van der Waals surface area (Å²) in [5, 5.41) is 0.494. The molecule has 2 unspecified atom stereocenters. The number of hydrogen-bond donors (Lipinski definition) is 1. The van der Waals surface area contributed by atoms with Crippen molar-refractivity contribution < 1.29 is 9.59 Å². The average molecular weight is 284 g/mol. The number of carbonyl (C=O) groups excluding carboxylic acids is 2. The molecule has 0 aromatic rings. The highest BCUT2D eigenvalue weighted by atomic mass is 32.2. The second kappa shape index (κ2) is 6.57. The van der Waals surface area contributed by atoms with Gasteiger partial charge in [0.15, 0.2) is 5.78 Å². The quantitative estimate of drug-likeness (QED) is 0.808. The van der Waals surface area contributed by atoms with Crippen molar-refractivity contribution in [3.8, 4) is 0 Å².